The van der Waals surface area contributed by atoms with Crippen LogP contribution < -0.4 is 16.7 Å². The van der Waals surface area contributed by atoms with E-state index >= 15 is 0 Å². The van der Waals surface area contributed by atoms with Crippen molar-refractivity contribution in [3.8, 4) is 17.1 Å². The summed E-state index contributed by atoms with van der Waals surface area (Å²) in [5.41, 5.74) is 4.60. The monoisotopic (exact) mass is 1010 g/mol. The average molecular weight is 1010 g/mol. The maximum Gasteiger partial charge on any atom is 0.282 e. The van der Waals surface area contributed by atoms with Gasteiger partial charge >= 0.3 is 0 Å². The third-order valence-electron chi connectivity index (χ3n) is 12.9. The zero-order valence-electron chi connectivity index (χ0n) is 37.1. The molecule has 12 nitrogen and oxygen atoms in total. The number of hydrogen-bond donors (Lipinski definition) is 3. The molecule has 0 spiro atoms. The van der Waals surface area contributed by atoms with Crippen LogP contribution in [0, 0.1) is 77.1 Å². The van der Waals surface area contributed by atoms with Crippen molar-refractivity contribution in [2.75, 3.05) is 0 Å². The summed E-state index contributed by atoms with van der Waals surface area (Å²) in [6.45, 7) is 5.41. The molecule has 3 aromatic carbocycles. The third-order valence-corrected chi connectivity index (χ3v) is 12.9. The minimum Gasteiger partial charge on any atom is -0.295 e. The number of H-pyrrole nitrogens is 3. The molecular formula is C51H60N6O6Tb. The van der Waals surface area contributed by atoms with E-state index in [2.05, 4.69) is 15.3 Å². The van der Waals surface area contributed by atoms with E-state index in [4.69, 9.17) is 0 Å². The molecule has 0 saturated heterocycles. The fourth-order valence-corrected chi connectivity index (χ4v) is 9.49. The maximum absolute atomic E-state index is 12.7. The molecule has 0 aliphatic heterocycles. The first-order valence-electron chi connectivity index (χ1n) is 22.8. The molecule has 0 amide bonds. The van der Waals surface area contributed by atoms with Crippen molar-refractivity contribution in [3.05, 3.63) is 156 Å². The molecule has 3 aliphatic carbocycles. The van der Waals surface area contributed by atoms with Crippen molar-refractivity contribution in [2.45, 2.75) is 117 Å². The number of nitrogens with one attached hydrogen (secondary N) is 3. The van der Waals surface area contributed by atoms with Crippen molar-refractivity contribution >= 4 is 17.3 Å². The van der Waals surface area contributed by atoms with Crippen LogP contribution in [0.15, 0.2) is 105 Å². The normalized spacial score (nSPS) is 15.8. The summed E-state index contributed by atoms with van der Waals surface area (Å²) in [7, 11) is 0. The summed E-state index contributed by atoms with van der Waals surface area (Å²) in [5.74, 6) is 0.106. The number of para-hydroxylation sites is 3. The topological polar surface area (TPSA) is 165 Å². The zero-order valence-corrected chi connectivity index (χ0v) is 39.3. The van der Waals surface area contributed by atoms with E-state index < -0.39 is 0 Å². The Balaban J connectivity index is 0.000000158. The molecule has 0 atom stereocenters. The van der Waals surface area contributed by atoms with Gasteiger partial charge in [0.1, 0.15) is 16.7 Å². The van der Waals surface area contributed by atoms with E-state index in [1.54, 1.807) is 20.8 Å². The Labute approximate surface area is 404 Å². The molecule has 3 aliphatic rings. The van der Waals surface area contributed by atoms with E-state index in [0.717, 1.165) is 94.1 Å². The summed E-state index contributed by atoms with van der Waals surface area (Å²) in [6, 6.07) is 28.1. The minimum absolute atomic E-state index is 0. The molecule has 3 aromatic heterocycles. The number of ketones is 3. The van der Waals surface area contributed by atoms with Crippen molar-refractivity contribution < 1.29 is 53.0 Å². The number of rotatable bonds is 9. The number of carbonyl (C=O) groups is 3. The Morgan fingerprint density at radius 1 is 0.391 bits per heavy atom. The van der Waals surface area contributed by atoms with Crippen LogP contribution in [0.3, 0.4) is 0 Å². The molecular weight excluding hydrogens is 952 g/mol. The molecule has 64 heavy (non-hydrogen) atoms. The second-order valence-corrected chi connectivity index (χ2v) is 17.4. The van der Waals surface area contributed by atoms with Gasteiger partial charge in [0.05, 0.1) is 17.1 Å². The standard InChI is InChI=1S/3C17H20N2O2.Tb/c3*1-12-15(16(20)13-8-4-2-5-9-13)17(21)19(18-12)14-10-6-3-7-11-14;/h3*3,6-7,10-11,13,18H,2,4-5,8-9H2,1H3;. The van der Waals surface area contributed by atoms with Crippen LogP contribution in [0.2, 0.25) is 0 Å². The predicted molar refractivity (Wildman–Crippen MR) is 246 cm³/mol. The van der Waals surface area contributed by atoms with Gasteiger partial charge in [0.2, 0.25) is 0 Å². The molecule has 6 aromatic rings. The molecule has 1 radical (unpaired) electrons. The number of aromatic amines is 3. The van der Waals surface area contributed by atoms with Crippen LogP contribution in [0.1, 0.15) is 144 Å². The van der Waals surface area contributed by atoms with Crippen molar-refractivity contribution in [1.82, 2.24) is 29.3 Å². The Bertz CT molecular complexity index is 2380. The van der Waals surface area contributed by atoms with Crippen molar-refractivity contribution in [1.29, 1.82) is 0 Å². The van der Waals surface area contributed by atoms with Gasteiger partial charge < -0.3 is 0 Å². The number of aromatic nitrogens is 6. The van der Waals surface area contributed by atoms with E-state index in [9.17, 15) is 28.8 Å². The minimum atomic E-state index is -0.228. The number of carbonyl (C=O) groups excluding carboxylic acids is 3. The number of aryl methyl sites for hydroxylation is 3. The number of hydrogen-bond acceptors (Lipinski definition) is 6. The van der Waals surface area contributed by atoms with Crippen LogP contribution in [-0.4, -0.2) is 46.7 Å². The van der Waals surface area contributed by atoms with Crippen LogP contribution in [0.5, 0.6) is 0 Å². The van der Waals surface area contributed by atoms with E-state index in [1.807, 2.05) is 91.0 Å². The zero-order chi connectivity index (χ0) is 44.5. The van der Waals surface area contributed by atoms with Crippen molar-refractivity contribution in [2.24, 2.45) is 17.8 Å². The van der Waals surface area contributed by atoms with Gasteiger partial charge in [-0.1, -0.05) is 112 Å². The molecule has 3 fully saturated rings. The van der Waals surface area contributed by atoms with Crippen LogP contribution >= 0.6 is 0 Å². The van der Waals surface area contributed by atoms with Crippen LogP contribution in [0.4, 0.5) is 0 Å². The van der Waals surface area contributed by atoms with Gasteiger partial charge in [0.15, 0.2) is 17.3 Å². The number of benzene rings is 3. The Hall–Kier alpha value is -5.01. The second kappa shape index (κ2) is 22.7. The van der Waals surface area contributed by atoms with Gasteiger partial charge in [0.25, 0.3) is 16.7 Å². The summed E-state index contributed by atoms with van der Waals surface area (Å²) in [6.07, 6.45) is 15.6. The maximum atomic E-state index is 12.7. The molecule has 3 heterocycles. The molecule has 9 rings (SSSR count). The quantitative estimate of drug-likeness (QED) is 0.122. The van der Waals surface area contributed by atoms with Gasteiger partial charge in [0, 0.05) is 73.4 Å². The fourth-order valence-electron chi connectivity index (χ4n) is 9.49. The Morgan fingerprint density at radius 3 is 0.828 bits per heavy atom. The molecule has 339 valence electrons. The van der Waals surface area contributed by atoms with Gasteiger partial charge in [-0.15, -0.1) is 0 Å². The summed E-state index contributed by atoms with van der Waals surface area (Å²) in [5, 5.41) is 9.10. The van der Waals surface area contributed by atoms with E-state index in [0.29, 0.717) is 33.8 Å². The van der Waals surface area contributed by atoms with E-state index in [-0.39, 0.29) is 90.4 Å². The average Bonchev–Trinajstić information content (AvgIpc) is 3.93. The summed E-state index contributed by atoms with van der Waals surface area (Å²) >= 11 is 0. The van der Waals surface area contributed by atoms with Gasteiger partial charge in [-0.3, -0.25) is 44.1 Å². The third kappa shape index (κ3) is 11.1. The smallest absolute Gasteiger partial charge is 0.282 e. The Morgan fingerprint density at radius 2 is 0.609 bits per heavy atom. The number of Topliss-reactive ketones (excluding diaryl/α,β-unsaturated/α-hetero) is 3. The number of nitrogens with zero attached hydrogens (tertiary/aromatic N) is 3. The predicted octanol–water partition coefficient (Wildman–Crippen LogP) is 9.71. The largest absolute Gasteiger partial charge is 0.295 e. The van der Waals surface area contributed by atoms with Gasteiger partial charge in [-0.2, -0.15) is 0 Å². The van der Waals surface area contributed by atoms with Crippen LogP contribution in [0.25, 0.3) is 17.1 Å². The van der Waals surface area contributed by atoms with Gasteiger partial charge in [-0.05, 0) is 95.7 Å². The first-order chi connectivity index (χ1) is 30.5. The molecule has 0 unspecified atom stereocenters. The first kappa shape index (κ1) is 48.4. The van der Waals surface area contributed by atoms with Crippen LogP contribution in [-0.2, 0) is 0 Å². The SMILES string of the molecule is Cc1[nH]n(-c2ccccc2)c(=O)c1C(=O)C1CCCCC1.Cc1[nH]n(-c2ccccc2)c(=O)c1C(=O)C1CCCCC1.Cc1[nH]n(-c2ccccc2)c(=O)c1C(=O)C1CCCCC1.[Tb]. The summed E-state index contributed by atoms with van der Waals surface area (Å²) in [4.78, 5) is 75.7. The summed E-state index contributed by atoms with van der Waals surface area (Å²) < 4.78 is 4.39. The molecule has 3 saturated carbocycles. The van der Waals surface area contributed by atoms with Crippen molar-refractivity contribution in [3.63, 3.8) is 0 Å². The molecule has 0 bridgehead atoms. The Kier molecular flexibility index (Phi) is 17.2. The second-order valence-electron chi connectivity index (χ2n) is 17.4. The van der Waals surface area contributed by atoms with E-state index in [1.165, 1.54) is 33.3 Å². The van der Waals surface area contributed by atoms with Gasteiger partial charge in [-0.25, -0.2) is 14.0 Å². The molecule has 13 heteroatoms. The molecule has 3 N–H and O–H groups in total. The fraction of sp³-hybridized carbons (Fsp3) is 0.412. The first-order valence-corrected chi connectivity index (χ1v) is 22.8.